The Hall–Kier alpha value is -2.80. The molecule has 26 heavy (non-hydrogen) atoms. The molecule has 0 N–H and O–H groups in total. The Morgan fingerprint density at radius 3 is 1.85 bits per heavy atom. The molecule has 3 aromatic rings. The summed E-state index contributed by atoms with van der Waals surface area (Å²) in [5.74, 6) is 0.871. The number of ether oxygens (including phenoxy) is 1. The van der Waals surface area contributed by atoms with Gasteiger partial charge in [0.25, 0.3) is 0 Å². The predicted molar refractivity (Wildman–Crippen MR) is 112 cm³/mol. The minimum absolute atomic E-state index is 0.167. The van der Waals surface area contributed by atoms with Crippen LogP contribution in [-0.4, -0.2) is 7.11 Å². The van der Waals surface area contributed by atoms with E-state index in [1.807, 2.05) is 18.2 Å². The highest BCUT2D eigenvalue weighted by Gasteiger charge is 2.13. The van der Waals surface area contributed by atoms with Gasteiger partial charge in [0.1, 0.15) is 5.75 Å². The zero-order valence-corrected chi connectivity index (χ0v) is 16.0. The summed E-state index contributed by atoms with van der Waals surface area (Å²) < 4.78 is 5.30. The lowest BCUT2D eigenvalue weighted by atomic mass is 9.86. The third kappa shape index (κ3) is 4.23. The molecule has 132 valence electrons. The number of hydrogen-bond donors (Lipinski definition) is 0. The van der Waals surface area contributed by atoms with E-state index in [4.69, 9.17) is 4.74 Å². The normalized spacial score (nSPS) is 12.1. The van der Waals surface area contributed by atoms with Crippen molar-refractivity contribution in [3.63, 3.8) is 0 Å². The van der Waals surface area contributed by atoms with Gasteiger partial charge in [-0.3, -0.25) is 0 Å². The number of methoxy groups -OCH3 is 1. The van der Waals surface area contributed by atoms with Gasteiger partial charge < -0.3 is 4.74 Å². The molecule has 0 aliphatic carbocycles. The van der Waals surface area contributed by atoms with Crippen molar-refractivity contribution >= 4 is 11.6 Å². The van der Waals surface area contributed by atoms with Crippen molar-refractivity contribution in [3.8, 4) is 5.75 Å². The van der Waals surface area contributed by atoms with Crippen LogP contribution in [0.5, 0.6) is 5.75 Å². The van der Waals surface area contributed by atoms with Crippen LogP contribution in [-0.2, 0) is 5.41 Å². The van der Waals surface area contributed by atoms with E-state index in [0.717, 1.165) is 5.75 Å². The Bertz CT molecular complexity index is 864. The molecule has 3 aromatic carbocycles. The van der Waals surface area contributed by atoms with Gasteiger partial charge in [-0.15, -0.1) is 0 Å². The molecule has 0 atom stereocenters. The fourth-order valence-electron chi connectivity index (χ4n) is 2.97. The predicted octanol–water partition coefficient (Wildman–Crippen LogP) is 6.58. The van der Waals surface area contributed by atoms with Gasteiger partial charge in [-0.25, -0.2) is 0 Å². The van der Waals surface area contributed by atoms with Crippen molar-refractivity contribution in [2.45, 2.75) is 26.2 Å². The second kappa shape index (κ2) is 7.61. The lowest BCUT2D eigenvalue weighted by Crippen LogP contribution is -2.10. The maximum atomic E-state index is 5.30. The second-order valence-electron chi connectivity index (χ2n) is 7.52. The van der Waals surface area contributed by atoms with Gasteiger partial charge in [0.05, 0.1) is 7.11 Å². The van der Waals surface area contributed by atoms with Gasteiger partial charge in [0.15, 0.2) is 0 Å². The summed E-state index contributed by atoms with van der Waals surface area (Å²) in [4.78, 5) is 0. The molecule has 0 aromatic heterocycles. The average Bonchev–Trinajstić information content (AvgIpc) is 2.66. The van der Waals surface area contributed by atoms with E-state index in [1.165, 1.54) is 27.8 Å². The van der Waals surface area contributed by atoms with Crippen LogP contribution in [0.1, 0.15) is 43.0 Å². The van der Waals surface area contributed by atoms with Crippen LogP contribution < -0.4 is 4.74 Å². The molecule has 1 heteroatoms. The highest BCUT2D eigenvalue weighted by atomic mass is 16.5. The molecule has 0 radical (unpaired) electrons. The molecule has 3 rings (SSSR count). The molecular weight excluding hydrogens is 316 g/mol. The van der Waals surface area contributed by atoms with E-state index in [9.17, 15) is 0 Å². The van der Waals surface area contributed by atoms with Crippen LogP contribution in [0.2, 0.25) is 0 Å². The lowest BCUT2D eigenvalue weighted by molar-refractivity contribution is 0.415. The van der Waals surface area contributed by atoms with Gasteiger partial charge in [0.2, 0.25) is 0 Å². The van der Waals surface area contributed by atoms with Gasteiger partial charge in [0, 0.05) is 0 Å². The molecule has 0 amide bonds. The molecule has 0 bridgehead atoms. The van der Waals surface area contributed by atoms with E-state index in [0.29, 0.717) is 0 Å². The van der Waals surface area contributed by atoms with Crippen LogP contribution in [0.15, 0.2) is 78.9 Å². The molecule has 1 nitrogen and oxygen atoms in total. The fourth-order valence-corrected chi connectivity index (χ4v) is 2.97. The first-order chi connectivity index (χ1) is 12.5. The molecule has 0 saturated carbocycles. The Labute approximate surface area is 157 Å². The van der Waals surface area contributed by atoms with Crippen LogP contribution >= 0.6 is 0 Å². The number of benzene rings is 3. The quantitative estimate of drug-likeness (QED) is 0.486. The van der Waals surface area contributed by atoms with E-state index in [2.05, 4.69) is 87.5 Å². The summed E-state index contributed by atoms with van der Waals surface area (Å²) in [5, 5.41) is 0. The minimum Gasteiger partial charge on any atom is -0.497 e. The summed E-state index contributed by atoms with van der Waals surface area (Å²) >= 11 is 0. The second-order valence-corrected chi connectivity index (χ2v) is 7.52. The van der Waals surface area contributed by atoms with Crippen molar-refractivity contribution in [3.05, 3.63) is 101 Å². The van der Waals surface area contributed by atoms with E-state index in [1.54, 1.807) is 7.11 Å². The van der Waals surface area contributed by atoms with E-state index in [-0.39, 0.29) is 5.41 Å². The van der Waals surface area contributed by atoms with Crippen LogP contribution in [0.3, 0.4) is 0 Å². The summed E-state index contributed by atoms with van der Waals surface area (Å²) in [7, 11) is 1.69. The Balaban J connectivity index is 2.04. The van der Waals surface area contributed by atoms with Gasteiger partial charge in [-0.05, 0) is 51.5 Å². The molecule has 0 spiro atoms. The monoisotopic (exact) mass is 342 g/mol. The van der Waals surface area contributed by atoms with E-state index < -0.39 is 0 Å². The third-order valence-corrected chi connectivity index (χ3v) is 4.57. The number of hydrogen-bond acceptors (Lipinski definition) is 1. The van der Waals surface area contributed by atoms with Crippen molar-refractivity contribution in [2.75, 3.05) is 7.11 Å². The van der Waals surface area contributed by atoms with Gasteiger partial charge in [-0.2, -0.15) is 0 Å². The zero-order chi connectivity index (χ0) is 18.6. The summed E-state index contributed by atoms with van der Waals surface area (Å²) in [6.45, 7) is 6.72. The SMILES string of the molecule is COc1ccc(/C(=C/c2ccc(C(C)(C)C)cc2)c2ccccc2)cc1. The molecule has 0 saturated heterocycles. The standard InChI is InChI=1S/C25H26O/c1-25(2,3)22-14-10-19(11-15-22)18-24(20-8-6-5-7-9-20)21-12-16-23(26-4)17-13-21/h5-18H,1-4H3/b24-18+. The van der Waals surface area contributed by atoms with Crippen LogP contribution in [0, 0.1) is 0 Å². The first-order valence-electron chi connectivity index (χ1n) is 8.99. The van der Waals surface area contributed by atoms with Crippen molar-refractivity contribution in [2.24, 2.45) is 0 Å². The number of rotatable bonds is 4. The maximum absolute atomic E-state index is 5.30. The third-order valence-electron chi connectivity index (χ3n) is 4.57. The van der Waals surface area contributed by atoms with Gasteiger partial charge >= 0.3 is 0 Å². The molecular formula is C25H26O. The highest BCUT2D eigenvalue weighted by Crippen LogP contribution is 2.29. The van der Waals surface area contributed by atoms with Crippen molar-refractivity contribution < 1.29 is 4.74 Å². The van der Waals surface area contributed by atoms with Crippen LogP contribution in [0.25, 0.3) is 11.6 Å². The van der Waals surface area contributed by atoms with E-state index >= 15 is 0 Å². The smallest absolute Gasteiger partial charge is 0.118 e. The first-order valence-corrected chi connectivity index (χ1v) is 8.99. The first kappa shape index (κ1) is 18.0. The summed E-state index contributed by atoms with van der Waals surface area (Å²) in [6, 6.07) is 27.6. The zero-order valence-electron chi connectivity index (χ0n) is 16.0. The topological polar surface area (TPSA) is 9.23 Å². The van der Waals surface area contributed by atoms with Gasteiger partial charge in [-0.1, -0.05) is 87.5 Å². The Morgan fingerprint density at radius 1 is 0.731 bits per heavy atom. The summed E-state index contributed by atoms with van der Waals surface area (Å²) in [5.41, 5.74) is 6.31. The molecule has 0 aliphatic heterocycles. The molecule has 0 unspecified atom stereocenters. The maximum Gasteiger partial charge on any atom is 0.118 e. The lowest BCUT2D eigenvalue weighted by Gasteiger charge is -2.19. The fraction of sp³-hybridized carbons (Fsp3) is 0.200. The Kier molecular flexibility index (Phi) is 5.27. The largest absolute Gasteiger partial charge is 0.497 e. The highest BCUT2D eigenvalue weighted by molar-refractivity contribution is 5.91. The molecule has 0 fully saturated rings. The van der Waals surface area contributed by atoms with Crippen LogP contribution in [0.4, 0.5) is 0 Å². The van der Waals surface area contributed by atoms with Crippen molar-refractivity contribution in [1.82, 2.24) is 0 Å². The minimum atomic E-state index is 0.167. The van der Waals surface area contributed by atoms with Crippen molar-refractivity contribution in [1.29, 1.82) is 0 Å². The Morgan fingerprint density at radius 2 is 1.31 bits per heavy atom. The average molecular weight is 342 g/mol. The summed E-state index contributed by atoms with van der Waals surface area (Å²) in [6.07, 6.45) is 2.25. The molecule has 0 heterocycles. The molecule has 0 aliphatic rings.